The van der Waals surface area contributed by atoms with Crippen LogP contribution in [0.25, 0.3) is 0 Å². The molecule has 0 aliphatic heterocycles. The third-order valence-corrected chi connectivity index (χ3v) is 2.07. The predicted molar refractivity (Wildman–Crippen MR) is 62.6 cm³/mol. The highest BCUT2D eigenvalue weighted by Crippen LogP contribution is 2.02. The quantitative estimate of drug-likeness (QED) is 0.455. The van der Waals surface area contributed by atoms with Crippen LogP contribution in [0.1, 0.15) is 40.0 Å². The smallest absolute Gasteiger partial charge is 0.0690 e. The molecule has 0 bridgehead atoms. The van der Waals surface area contributed by atoms with Crippen LogP contribution in [0.4, 0.5) is 0 Å². The number of nitrogens with one attached hydrogen (secondary N) is 1. The summed E-state index contributed by atoms with van der Waals surface area (Å²) in [5.41, 5.74) is 1.14. The molecule has 14 heavy (non-hydrogen) atoms. The van der Waals surface area contributed by atoms with Crippen molar-refractivity contribution in [2.45, 2.75) is 46.1 Å². The third kappa shape index (κ3) is 8.27. The van der Waals surface area contributed by atoms with E-state index in [4.69, 9.17) is 4.74 Å². The molecule has 0 aliphatic carbocycles. The van der Waals surface area contributed by atoms with E-state index in [0.29, 0.717) is 12.7 Å². The van der Waals surface area contributed by atoms with Crippen LogP contribution in [-0.4, -0.2) is 25.8 Å². The highest BCUT2D eigenvalue weighted by molar-refractivity contribution is 4.96. The molecule has 0 rings (SSSR count). The molecule has 1 atom stereocenters. The fourth-order valence-electron chi connectivity index (χ4n) is 1.24. The van der Waals surface area contributed by atoms with E-state index in [0.717, 1.165) is 25.1 Å². The van der Waals surface area contributed by atoms with Crippen molar-refractivity contribution in [3.8, 4) is 0 Å². The summed E-state index contributed by atoms with van der Waals surface area (Å²) >= 11 is 0. The zero-order chi connectivity index (χ0) is 10.8. The maximum absolute atomic E-state index is 5.64. The second-order valence-electron chi connectivity index (χ2n) is 3.84. The average molecular weight is 199 g/mol. The van der Waals surface area contributed by atoms with Gasteiger partial charge in [-0.2, -0.15) is 0 Å². The Morgan fingerprint density at radius 3 is 2.64 bits per heavy atom. The number of rotatable bonds is 9. The molecule has 0 fully saturated rings. The number of hydrogen-bond donors (Lipinski definition) is 1. The van der Waals surface area contributed by atoms with Crippen LogP contribution in [0.3, 0.4) is 0 Å². The van der Waals surface area contributed by atoms with Gasteiger partial charge < -0.3 is 10.1 Å². The molecule has 0 aromatic rings. The summed E-state index contributed by atoms with van der Waals surface area (Å²) in [6.07, 6.45) is 3.85. The standard InChI is InChI=1S/C12H25NO/c1-5-7-12(4)14-10-11(3)9-13-8-6-2/h12-13H,3,5-10H2,1-2,4H3. The van der Waals surface area contributed by atoms with E-state index in [-0.39, 0.29) is 0 Å². The average Bonchev–Trinajstić information content (AvgIpc) is 2.16. The molecule has 0 amide bonds. The Hall–Kier alpha value is -0.340. The van der Waals surface area contributed by atoms with Gasteiger partial charge in [-0.05, 0) is 31.9 Å². The lowest BCUT2D eigenvalue weighted by atomic mass is 10.2. The summed E-state index contributed by atoms with van der Waals surface area (Å²) in [5.74, 6) is 0. The van der Waals surface area contributed by atoms with E-state index in [2.05, 4.69) is 32.7 Å². The summed E-state index contributed by atoms with van der Waals surface area (Å²) in [5, 5.41) is 3.31. The normalized spacial score (nSPS) is 12.8. The Morgan fingerprint density at radius 1 is 1.36 bits per heavy atom. The van der Waals surface area contributed by atoms with Gasteiger partial charge in [-0.1, -0.05) is 26.8 Å². The Bertz CT molecular complexity index is 145. The van der Waals surface area contributed by atoms with Gasteiger partial charge in [0.2, 0.25) is 0 Å². The van der Waals surface area contributed by atoms with Crippen LogP contribution >= 0.6 is 0 Å². The molecule has 1 unspecified atom stereocenters. The molecule has 0 saturated heterocycles. The number of hydrogen-bond acceptors (Lipinski definition) is 2. The Labute approximate surface area is 88.7 Å². The lowest BCUT2D eigenvalue weighted by molar-refractivity contribution is 0.0759. The molecule has 0 radical (unpaired) electrons. The highest BCUT2D eigenvalue weighted by Gasteiger charge is 2.01. The summed E-state index contributed by atoms with van der Waals surface area (Å²) in [7, 11) is 0. The van der Waals surface area contributed by atoms with Gasteiger partial charge in [-0.25, -0.2) is 0 Å². The topological polar surface area (TPSA) is 21.3 Å². The molecular formula is C12H25NO. The van der Waals surface area contributed by atoms with E-state index in [1.165, 1.54) is 12.8 Å². The lowest BCUT2D eigenvalue weighted by Gasteiger charge is -2.13. The van der Waals surface area contributed by atoms with Crippen molar-refractivity contribution in [1.29, 1.82) is 0 Å². The van der Waals surface area contributed by atoms with Crippen LogP contribution < -0.4 is 5.32 Å². The minimum Gasteiger partial charge on any atom is -0.374 e. The van der Waals surface area contributed by atoms with Gasteiger partial charge in [-0.3, -0.25) is 0 Å². The second-order valence-corrected chi connectivity index (χ2v) is 3.84. The SMILES string of the molecule is C=C(CNCCC)COC(C)CCC. The van der Waals surface area contributed by atoms with Crippen molar-refractivity contribution in [1.82, 2.24) is 5.32 Å². The third-order valence-electron chi connectivity index (χ3n) is 2.07. The molecule has 0 aromatic heterocycles. The summed E-state index contributed by atoms with van der Waals surface area (Å²) in [6, 6.07) is 0. The van der Waals surface area contributed by atoms with Crippen molar-refractivity contribution in [3.05, 3.63) is 12.2 Å². The van der Waals surface area contributed by atoms with Gasteiger partial charge in [0.05, 0.1) is 12.7 Å². The van der Waals surface area contributed by atoms with E-state index >= 15 is 0 Å². The van der Waals surface area contributed by atoms with Crippen LogP contribution in [0, 0.1) is 0 Å². The molecule has 2 heteroatoms. The monoisotopic (exact) mass is 199 g/mol. The van der Waals surface area contributed by atoms with Gasteiger partial charge in [0.1, 0.15) is 0 Å². The summed E-state index contributed by atoms with van der Waals surface area (Å²) < 4.78 is 5.64. The van der Waals surface area contributed by atoms with Gasteiger partial charge in [-0.15, -0.1) is 0 Å². The molecule has 0 spiro atoms. The minimum atomic E-state index is 0.364. The van der Waals surface area contributed by atoms with Gasteiger partial charge in [0.25, 0.3) is 0 Å². The highest BCUT2D eigenvalue weighted by atomic mass is 16.5. The lowest BCUT2D eigenvalue weighted by Crippen LogP contribution is -2.20. The number of ether oxygens (including phenoxy) is 1. The fraction of sp³-hybridized carbons (Fsp3) is 0.833. The first-order valence-electron chi connectivity index (χ1n) is 5.69. The Kier molecular flexibility index (Phi) is 9.00. The Morgan fingerprint density at radius 2 is 2.07 bits per heavy atom. The van der Waals surface area contributed by atoms with Crippen LogP contribution in [-0.2, 0) is 4.74 Å². The van der Waals surface area contributed by atoms with Crippen molar-refractivity contribution in [3.63, 3.8) is 0 Å². The molecule has 84 valence electrons. The van der Waals surface area contributed by atoms with Gasteiger partial charge >= 0.3 is 0 Å². The maximum atomic E-state index is 5.64. The van der Waals surface area contributed by atoms with E-state index in [9.17, 15) is 0 Å². The zero-order valence-corrected chi connectivity index (χ0v) is 9.94. The zero-order valence-electron chi connectivity index (χ0n) is 9.94. The second kappa shape index (κ2) is 9.22. The van der Waals surface area contributed by atoms with Crippen LogP contribution in [0.15, 0.2) is 12.2 Å². The summed E-state index contributed by atoms with van der Waals surface area (Å²) in [4.78, 5) is 0. The molecule has 2 nitrogen and oxygen atoms in total. The minimum absolute atomic E-state index is 0.364. The fourth-order valence-corrected chi connectivity index (χ4v) is 1.24. The van der Waals surface area contributed by atoms with Gasteiger partial charge in [0, 0.05) is 6.54 Å². The van der Waals surface area contributed by atoms with Crippen LogP contribution in [0.5, 0.6) is 0 Å². The first kappa shape index (κ1) is 13.7. The van der Waals surface area contributed by atoms with E-state index in [1.807, 2.05) is 0 Å². The molecule has 0 saturated carbocycles. The maximum Gasteiger partial charge on any atom is 0.0690 e. The summed E-state index contributed by atoms with van der Waals surface area (Å²) in [6.45, 7) is 13.1. The van der Waals surface area contributed by atoms with Crippen molar-refractivity contribution < 1.29 is 4.74 Å². The first-order chi connectivity index (χ1) is 6.70. The molecule has 0 aromatic carbocycles. The van der Waals surface area contributed by atoms with E-state index in [1.54, 1.807) is 0 Å². The molecule has 1 N–H and O–H groups in total. The molecular weight excluding hydrogens is 174 g/mol. The van der Waals surface area contributed by atoms with E-state index < -0.39 is 0 Å². The predicted octanol–water partition coefficient (Wildman–Crippen LogP) is 2.75. The Balaban J connectivity index is 3.34. The van der Waals surface area contributed by atoms with Crippen LogP contribution in [0.2, 0.25) is 0 Å². The van der Waals surface area contributed by atoms with Crippen molar-refractivity contribution in [2.24, 2.45) is 0 Å². The van der Waals surface area contributed by atoms with Crippen molar-refractivity contribution in [2.75, 3.05) is 19.7 Å². The van der Waals surface area contributed by atoms with Gasteiger partial charge in [0.15, 0.2) is 0 Å². The first-order valence-corrected chi connectivity index (χ1v) is 5.69. The van der Waals surface area contributed by atoms with Crippen molar-refractivity contribution >= 4 is 0 Å². The molecule has 0 aliphatic rings. The molecule has 0 heterocycles. The largest absolute Gasteiger partial charge is 0.374 e.